The third-order valence-electron chi connectivity index (χ3n) is 3.68. The lowest BCUT2D eigenvalue weighted by atomic mass is 9.84. The molecule has 0 spiro atoms. The second-order valence-corrected chi connectivity index (χ2v) is 5.17. The minimum Gasteiger partial charge on any atom is -0.497 e. The molecule has 0 atom stereocenters. The van der Waals surface area contributed by atoms with E-state index in [-0.39, 0.29) is 17.7 Å². The van der Waals surface area contributed by atoms with Crippen molar-refractivity contribution in [2.75, 3.05) is 20.2 Å². The fraction of sp³-hybridized carbons (Fsp3) is 0.571. The lowest BCUT2D eigenvalue weighted by Crippen LogP contribution is -2.43. The van der Waals surface area contributed by atoms with Gasteiger partial charge in [-0.25, -0.2) is 0 Å². The van der Waals surface area contributed by atoms with Gasteiger partial charge in [0.1, 0.15) is 5.75 Å². The summed E-state index contributed by atoms with van der Waals surface area (Å²) in [6, 6.07) is 3.87. The normalized spacial score (nSPS) is 18.9. The van der Waals surface area contributed by atoms with Gasteiger partial charge >= 0.3 is 6.18 Å². The molecule has 112 valence electrons. The highest BCUT2D eigenvalue weighted by atomic mass is 19.4. The molecule has 1 aliphatic rings. The van der Waals surface area contributed by atoms with Gasteiger partial charge in [-0.05, 0) is 43.6 Å². The maximum atomic E-state index is 13.1. The first-order valence-corrected chi connectivity index (χ1v) is 6.51. The molecule has 0 saturated carbocycles. The first-order chi connectivity index (χ1) is 9.34. The molecule has 1 heterocycles. The van der Waals surface area contributed by atoms with Gasteiger partial charge < -0.3 is 15.2 Å². The first-order valence-electron chi connectivity index (χ1n) is 6.51. The van der Waals surface area contributed by atoms with Gasteiger partial charge in [0.15, 0.2) is 0 Å². The van der Waals surface area contributed by atoms with Gasteiger partial charge in [0.25, 0.3) is 0 Å². The van der Waals surface area contributed by atoms with Crippen molar-refractivity contribution in [3.8, 4) is 5.75 Å². The van der Waals surface area contributed by atoms with Crippen molar-refractivity contribution in [3.63, 3.8) is 0 Å². The molecule has 2 rings (SSSR count). The van der Waals surface area contributed by atoms with Gasteiger partial charge in [0.2, 0.25) is 0 Å². The zero-order valence-corrected chi connectivity index (χ0v) is 11.3. The predicted molar refractivity (Wildman–Crippen MR) is 68.8 cm³/mol. The number of piperidine rings is 1. The van der Waals surface area contributed by atoms with E-state index in [0.29, 0.717) is 25.9 Å². The molecule has 0 radical (unpaired) electrons. The summed E-state index contributed by atoms with van der Waals surface area (Å²) in [5, 5.41) is 13.5. The van der Waals surface area contributed by atoms with Gasteiger partial charge in [0.05, 0.1) is 18.3 Å². The number of hydrogen-bond donors (Lipinski definition) is 2. The number of methoxy groups -OCH3 is 1. The molecule has 0 aliphatic carbocycles. The molecule has 6 heteroatoms. The van der Waals surface area contributed by atoms with E-state index >= 15 is 0 Å². The molecule has 0 aromatic heterocycles. The Morgan fingerprint density at radius 1 is 1.30 bits per heavy atom. The van der Waals surface area contributed by atoms with E-state index in [1.165, 1.54) is 19.2 Å². The molecule has 0 bridgehead atoms. The van der Waals surface area contributed by atoms with E-state index < -0.39 is 17.3 Å². The van der Waals surface area contributed by atoms with Crippen LogP contribution in [-0.2, 0) is 12.6 Å². The molecule has 1 aromatic rings. The lowest BCUT2D eigenvalue weighted by molar-refractivity contribution is -0.138. The average molecular weight is 289 g/mol. The Balaban J connectivity index is 2.30. The van der Waals surface area contributed by atoms with E-state index in [1.807, 2.05) is 0 Å². The van der Waals surface area contributed by atoms with E-state index in [0.717, 1.165) is 6.07 Å². The topological polar surface area (TPSA) is 41.5 Å². The summed E-state index contributed by atoms with van der Waals surface area (Å²) in [7, 11) is 1.33. The van der Waals surface area contributed by atoms with Crippen LogP contribution in [0.25, 0.3) is 0 Å². The van der Waals surface area contributed by atoms with Crippen LogP contribution in [0.4, 0.5) is 13.2 Å². The fourth-order valence-corrected chi connectivity index (χ4v) is 2.52. The number of halogens is 3. The molecule has 1 fully saturated rings. The summed E-state index contributed by atoms with van der Waals surface area (Å²) in [4.78, 5) is 0. The summed E-state index contributed by atoms with van der Waals surface area (Å²) in [5.74, 6) is 0.165. The summed E-state index contributed by atoms with van der Waals surface area (Å²) in [6.07, 6.45) is -3.53. The number of benzene rings is 1. The average Bonchev–Trinajstić information content (AvgIpc) is 2.38. The largest absolute Gasteiger partial charge is 0.497 e. The van der Waals surface area contributed by atoms with Crippen molar-refractivity contribution < 1.29 is 23.0 Å². The molecule has 3 nitrogen and oxygen atoms in total. The van der Waals surface area contributed by atoms with Gasteiger partial charge in [-0.2, -0.15) is 13.2 Å². The molecule has 20 heavy (non-hydrogen) atoms. The minimum absolute atomic E-state index is 0.00746. The van der Waals surface area contributed by atoms with Crippen molar-refractivity contribution in [2.24, 2.45) is 0 Å². The Labute approximate surface area is 115 Å². The standard InChI is InChI=1S/C14H18F3NO2/c1-20-11-3-2-10(12(8-11)14(15,16)17)9-13(19)4-6-18-7-5-13/h2-3,8,18-19H,4-7,9H2,1H3. The van der Waals surface area contributed by atoms with Crippen LogP contribution in [0.5, 0.6) is 5.75 Å². The summed E-state index contributed by atoms with van der Waals surface area (Å²) in [5.41, 5.74) is -1.69. The van der Waals surface area contributed by atoms with Crippen LogP contribution >= 0.6 is 0 Å². The highest BCUT2D eigenvalue weighted by Gasteiger charge is 2.37. The number of rotatable bonds is 3. The predicted octanol–water partition coefficient (Wildman–Crippen LogP) is 2.37. The maximum absolute atomic E-state index is 13.1. The van der Waals surface area contributed by atoms with E-state index in [1.54, 1.807) is 0 Å². The van der Waals surface area contributed by atoms with Crippen LogP contribution in [0.1, 0.15) is 24.0 Å². The molecule has 0 unspecified atom stereocenters. The van der Waals surface area contributed by atoms with Gasteiger partial charge in [-0.15, -0.1) is 0 Å². The Kier molecular flexibility index (Phi) is 4.25. The number of hydrogen-bond acceptors (Lipinski definition) is 3. The second-order valence-electron chi connectivity index (χ2n) is 5.17. The Bertz CT molecular complexity index is 468. The summed E-state index contributed by atoms with van der Waals surface area (Å²) in [6.45, 7) is 1.24. The van der Waals surface area contributed by atoms with E-state index in [4.69, 9.17) is 4.74 Å². The fourth-order valence-electron chi connectivity index (χ4n) is 2.52. The smallest absolute Gasteiger partial charge is 0.416 e. The minimum atomic E-state index is -4.45. The van der Waals surface area contributed by atoms with E-state index in [9.17, 15) is 18.3 Å². The molecule has 2 N–H and O–H groups in total. The van der Waals surface area contributed by atoms with Crippen LogP contribution in [-0.4, -0.2) is 30.9 Å². The zero-order valence-electron chi connectivity index (χ0n) is 11.3. The number of alkyl halides is 3. The molecule has 0 amide bonds. The van der Waals surface area contributed by atoms with Crippen LogP contribution < -0.4 is 10.1 Å². The third-order valence-corrected chi connectivity index (χ3v) is 3.68. The number of aliphatic hydroxyl groups is 1. The van der Waals surface area contributed by atoms with Crippen LogP contribution in [0, 0.1) is 0 Å². The molecular weight excluding hydrogens is 271 g/mol. The SMILES string of the molecule is COc1ccc(CC2(O)CCNCC2)c(C(F)(F)F)c1. The second kappa shape index (κ2) is 5.61. The monoisotopic (exact) mass is 289 g/mol. The highest BCUT2D eigenvalue weighted by Crippen LogP contribution is 2.36. The molecule has 1 aromatic carbocycles. The third kappa shape index (κ3) is 3.43. The van der Waals surface area contributed by atoms with Gasteiger partial charge in [0, 0.05) is 6.42 Å². The van der Waals surface area contributed by atoms with Crippen molar-refractivity contribution >= 4 is 0 Å². The van der Waals surface area contributed by atoms with Crippen molar-refractivity contribution in [3.05, 3.63) is 29.3 Å². The Hall–Kier alpha value is -1.27. The maximum Gasteiger partial charge on any atom is 0.416 e. The summed E-state index contributed by atoms with van der Waals surface area (Å²) >= 11 is 0. The van der Waals surface area contributed by atoms with Crippen LogP contribution in [0.3, 0.4) is 0 Å². The van der Waals surface area contributed by atoms with Crippen LogP contribution in [0.15, 0.2) is 18.2 Å². The molecular formula is C14H18F3NO2. The lowest BCUT2D eigenvalue weighted by Gasteiger charge is -2.33. The van der Waals surface area contributed by atoms with Crippen molar-refractivity contribution in [1.82, 2.24) is 5.32 Å². The molecule has 1 saturated heterocycles. The Morgan fingerprint density at radius 2 is 1.95 bits per heavy atom. The number of ether oxygens (including phenoxy) is 1. The van der Waals surface area contributed by atoms with E-state index in [2.05, 4.69) is 5.32 Å². The van der Waals surface area contributed by atoms with Crippen molar-refractivity contribution in [2.45, 2.75) is 31.0 Å². The van der Waals surface area contributed by atoms with Crippen molar-refractivity contribution in [1.29, 1.82) is 0 Å². The van der Waals surface area contributed by atoms with Crippen LogP contribution in [0.2, 0.25) is 0 Å². The van der Waals surface area contributed by atoms with Gasteiger partial charge in [-0.1, -0.05) is 6.07 Å². The zero-order chi connectivity index (χ0) is 14.8. The quantitative estimate of drug-likeness (QED) is 0.897. The Morgan fingerprint density at radius 3 is 2.50 bits per heavy atom. The highest BCUT2D eigenvalue weighted by molar-refractivity contribution is 5.38. The first kappa shape index (κ1) is 15.1. The number of nitrogens with one attached hydrogen (secondary N) is 1. The molecule has 1 aliphatic heterocycles. The summed E-state index contributed by atoms with van der Waals surface area (Å²) < 4.78 is 44.1. The van der Waals surface area contributed by atoms with Gasteiger partial charge in [-0.3, -0.25) is 0 Å².